The minimum absolute atomic E-state index is 0.0177. The molecule has 0 radical (unpaired) electrons. The van der Waals surface area contributed by atoms with Crippen LogP contribution in [0.1, 0.15) is 107 Å². The molecule has 8 aromatic heterocycles. The van der Waals surface area contributed by atoms with Crippen LogP contribution in [0.15, 0.2) is 144 Å². The first-order valence-electron chi connectivity index (χ1n) is 34.6. The van der Waals surface area contributed by atoms with Crippen molar-refractivity contribution in [3.63, 3.8) is 0 Å². The zero-order valence-electron chi connectivity index (χ0n) is 61.8. The third-order valence-corrected chi connectivity index (χ3v) is 18.4. The maximum atomic E-state index is 14.2. The number of nitrogens with two attached hydrogens (primary N) is 1. The number of carboxylic acids is 1. The lowest BCUT2D eigenvalue weighted by atomic mass is 9.90. The number of thiocarbonyl (C=S) groups is 1. The molecule has 2 aromatic carbocycles. The van der Waals surface area contributed by atoms with Crippen LogP contribution >= 0.6 is 12.2 Å². The summed E-state index contributed by atoms with van der Waals surface area (Å²) in [6.07, 6.45) is 10.8. The number of phenolic OH excluding ortho intramolecular Hbond substituents is 1. The number of hydrogen-bond acceptors (Lipinski definition) is 19. The first-order chi connectivity index (χ1) is 54.2. The highest BCUT2D eigenvalue weighted by Crippen LogP contribution is 2.43. The Labute approximate surface area is 649 Å². The van der Waals surface area contributed by atoms with Gasteiger partial charge < -0.3 is 121 Å². The van der Waals surface area contributed by atoms with Crippen LogP contribution in [0, 0.1) is 0 Å². The number of phenols is 1. The number of aromatic carboxylic acids is 1. The van der Waals surface area contributed by atoms with Crippen LogP contribution in [0.2, 0.25) is 0 Å². The third kappa shape index (κ3) is 16.8. The molecular formula is C74H72N24O15S. The molecule has 2 aliphatic heterocycles. The maximum Gasteiger partial charge on any atom is 0.336 e. The van der Waals surface area contributed by atoms with Crippen molar-refractivity contribution in [1.29, 1.82) is 0 Å². The van der Waals surface area contributed by atoms with Gasteiger partial charge in [0.05, 0.1) is 40.0 Å². The van der Waals surface area contributed by atoms with E-state index >= 15 is 0 Å². The molecule has 0 spiro atoms. The summed E-state index contributed by atoms with van der Waals surface area (Å²) in [7, 11) is 12.4. The number of aromatic nitrogens is 11. The Kier molecular flexibility index (Phi) is 21.2. The van der Waals surface area contributed by atoms with E-state index < -0.39 is 83.5 Å². The number of carbonyl (C=O) groups excluding carboxylic acids is 10. The van der Waals surface area contributed by atoms with Crippen LogP contribution < -0.4 is 75.0 Å². The Hall–Kier alpha value is -15.2. The third-order valence-electron chi connectivity index (χ3n) is 18.2. The van der Waals surface area contributed by atoms with Gasteiger partial charge in [-0.1, -0.05) is 6.07 Å². The van der Waals surface area contributed by atoms with Crippen molar-refractivity contribution in [1.82, 2.24) is 67.4 Å². The van der Waals surface area contributed by atoms with Gasteiger partial charge in [0, 0.05) is 172 Å². The Morgan fingerprint density at radius 3 is 1.34 bits per heavy atom. The molecule has 13 rings (SSSR count). The van der Waals surface area contributed by atoms with E-state index in [1.807, 2.05) is 0 Å². The molecule has 114 heavy (non-hydrogen) atoms. The fraction of sp³-hybridized carbons (Fsp3) is 0.189. The van der Waals surface area contributed by atoms with Gasteiger partial charge in [0.2, 0.25) is 29.3 Å². The summed E-state index contributed by atoms with van der Waals surface area (Å²) in [5, 5.41) is 54.4. The van der Waals surface area contributed by atoms with Crippen molar-refractivity contribution in [2.75, 3.05) is 60.9 Å². The smallest absolute Gasteiger partial charge is 0.336 e. The normalized spacial score (nSPS) is 15.4. The van der Waals surface area contributed by atoms with E-state index in [-0.39, 0.29) is 156 Å². The van der Waals surface area contributed by atoms with Crippen molar-refractivity contribution in [3.05, 3.63) is 196 Å². The number of aryl methyl sites for hydroxylation is 8. The lowest BCUT2D eigenvalue weighted by Crippen LogP contribution is -2.47. The lowest BCUT2D eigenvalue weighted by molar-refractivity contribution is -0.117. The number of rotatable bonds is 4. The highest BCUT2D eigenvalue weighted by molar-refractivity contribution is 7.80. The standard InChI is InChI=1S/C74H72N24O15S/c1-91-27-38-17-49(91)65(103)76-25-35(75)15-59(101)85-56-32-96(6)62(87-56)70(108)81-41-20-53(95(5)30-41)69(107)80-40-19-51(93(3)29-40)67(105)79-39-18-50(92(2)28-39)66(104)77-26-37(84-74(114)83-36-9-12-45(48(16-36)73(111)112)61-46-13-10-43(99)23-54(46)113-55-24-44(100)11-14-47(55)61)22-60(102)86-57-33-97(7)64(88-57)72(110)90-58-34-98(8)63(89-58)71(109)82-42-21-52(68(106)78-38)94(4)31-42/h9-14,16-21,23-24,27-35,37,99H,15,22,25-26,75H2,1-8H3,(H,76,103)(H,77,104)(H,78,106)(H,79,105)(H,80,107)(H,81,108)(H,82,109)(H,85,101)(H,86,102)(H,90,110)(H,111,112)(H2,83,84,114)/t35-,37-/m1/s1. The molecule has 10 aromatic rings. The van der Waals surface area contributed by atoms with E-state index in [1.54, 1.807) is 47.4 Å². The predicted octanol–water partition coefficient (Wildman–Crippen LogP) is 4.89. The summed E-state index contributed by atoms with van der Waals surface area (Å²) in [6, 6.07) is 17.9. The van der Waals surface area contributed by atoms with E-state index in [0.29, 0.717) is 16.5 Å². The number of amides is 10. The van der Waals surface area contributed by atoms with Gasteiger partial charge in [-0.25, -0.2) is 19.7 Å². The number of nitrogens with one attached hydrogen (secondary N) is 12. The van der Waals surface area contributed by atoms with E-state index in [1.165, 1.54) is 180 Å². The summed E-state index contributed by atoms with van der Waals surface area (Å²) < 4.78 is 17.3. The first kappa shape index (κ1) is 77.0. The van der Waals surface area contributed by atoms with Crippen molar-refractivity contribution >= 4 is 145 Å². The first-order valence-corrected chi connectivity index (χ1v) is 35.0. The number of carboxylic acid groups (broad SMARTS) is 1. The molecule has 584 valence electrons. The molecule has 10 amide bonds. The lowest BCUT2D eigenvalue weighted by Gasteiger charge is -2.22. The van der Waals surface area contributed by atoms with Gasteiger partial charge in [0.15, 0.2) is 28.0 Å². The van der Waals surface area contributed by atoms with Crippen LogP contribution in [0.4, 0.5) is 51.6 Å². The van der Waals surface area contributed by atoms with Gasteiger partial charge in [0.1, 0.15) is 45.6 Å². The van der Waals surface area contributed by atoms with Crippen molar-refractivity contribution in [2.24, 2.45) is 62.1 Å². The second kappa shape index (κ2) is 31.4. The Morgan fingerprint density at radius 1 is 0.465 bits per heavy atom. The molecule has 39 nitrogen and oxygen atoms in total. The number of hydrogen-bond donors (Lipinski definition) is 15. The summed E-state index contributed by atoms with van der Waals surface area (Å²) in [5.74, 6) is -8.60. The van der Waals surface area contributed by atoms with Gasteiger partial charge in [0.25, 0.3) is 47.3 Å². The van der Waals surface area contributed by atoms with Gasteiger partial charge in [-0.3, -0.25) is 52.7 Å². The number of aromatic hydroxyl groups is 1. The maximum absolute atomic E-state index is 14.2. The predicted molar refractivity (Wildman–Crippen MR) is 420 cm³/mol. The van der Waals surface area contributed by atoms with Crippen LogP contribution in [0.25, 0.3) is 33.4 Å². The summed E-state index contributed by atoms with van der Waals surface area (Å²) in [6.45, 7) is -0.462. The molecule has 10 heterocycles. The zero-order chi connectivity index (χ0) is 81.4. The van der Waals surface area contributed by atoms with E-state index in [2.05, 4.69) is 78.8 Å². The average molecular weight is 1570 g/mol. The molecule has 16 N–H and O–H groups in total. The van der Waals surface area contributed by atoms with E-state index in [9.17, 15) is 67.7 Å². The number of benzene rings is 3. The number of anilines is 9. The van der Waals surface area contributed by atoms with Gasteiger partial charge in [-0.15, -0.1) is 0 Å². The van der Waals surface area contributed by atoms with E-state index in [0.717, 1.165) is 0 Å². The van der Waals surface area contributed by atoms with Crippen molar-refractivity contribution < 1.29 is 67.4 Å². The minimum Gasteiger partial charge on any atom is -0.508 e. The Morgan fingerprint density at radius 2 is 0.877 bits per heavy atom. The van der Waals surface area contributed by atoms with Gasteiger partial charge in [-0.2, -0.15) is 0 Å². The molecule has 0 fully saturated rings. The number of fused-ring (bicyclic) bond motifs is 18. The summed E-state index contributed by atoms with van der Waals surface area (Å²) >= 11 is 5.78. The van der Waals surface area contributed by atoms with Crippen LogP contribution in [-0.4, -0.2) is 157 Å². The SMILES string of the molecule is Cn1cc2cc1C(=O)NC[C@H](N)CC(=O)Nc1cn(C)c(n1)C(=O)Nc1cc(n(C)c1)C(=O)Nc1cc(n(C)c1)C(=O)Nc1cc(n(C)c1)C(=O)NC[C@H](NC(=S)Nc1ccc(-c3c4ccc(=O)cc-4oc4cc(O)ccc34)c(C(=O)O)c1)CC(=O)Nc1cn(C)c(n1)C(=O)Nc1cn(C)c(n1)C(=O)Nc1cc(n(C)c1)C(=O)N2. The van der Waals surface area contributed by atoms with Crippen LogP contribution in [0.5, 0.6) is 5.75 Å². The zero-order valence-corrected chi connectivity index (χ0v) is 62.6. The van der Waals surface area contributed by atoms with Crippen LogP contribution in [-0.2, 0) is 66.0 Å². The summed E-state index contributed by atoms with van der Waals surface area (Å²) in [4.78, 5) is 176. The van der Waals surface area contributed by atoms with Crippen LogP contribution in [0.3, 0.4) is 0 Å². The van der Waals surface area contributed by atoms with Crippen molar-refractivity contribution in [3.8, 4) is 28.2 Å². The molecule has 3 aliphatic rings. The number of nitrogens with zero attached hydrogens (tertiary/aromatic N) is 11. The second-order valence-corrected chi connectivity index (χ2v) is 27.3. The molecule has 0 unspecified atom stereocenters. The molecule has 2 atom stereocenters. The fourth-order valence-corrected chi connectivity index (χ4v) is 13.2. The highest BCUT2D eigenvalue weighted by Gasteiger charge is 2.29. The molecule has 0 saturated heterocycles. The molecule has 40 heteroatoms. The molecule has 16 bridgehead atoms. The topological polar surface area (TPSA) is 507 Å². The molecule has 0 saturated carbocycles. The van der Waals surface area contributed by atoms with Gasteiger partial charge >= 0.3 is 5.97 Å². The quantitative estimate of drug-likeness (QED) is 0.0823. The second-order valence-electron chi connectivity index (χ2n) is 26.9. The number of imidazole rings is 3. The minimum atomic E-state index is -1.35. The van der Waals surface area contributed by atoms with Gasteiger partial charge in [-0.05, 0) is 84.5 Å². The summed E-state index contributed by atoms with van der Waals surface area (Å²) in [5.41, 5.74) is 8.54. The average Bonchev–Trinajstić information content (AvgIpc) is 1.67. The Balaban J connectivity index is 0.741. The highest BCUT2D eigenvalue weighted by atomic mass is 32.1. The van der Waals surface area contributed by atoms with Crippen molar-refractivity contribution in [2.45, 2.75) is 24.9 Å². The molecular weight excluding hydrogens is 1500 g/mol. The molecule has 1 aliphatic carbocycles. The number of carbonyl (C=O) groups is 11. The monoisotopic (exact) mass is 1570 g/mol. The largest absolute Gasteiger partial charge is 0.508 e. The Bertz CT molecular complexity index is 6030. The fourth-order valence-electron chi connectivity index (χ4n) is 12.9. The van der Waals surface area contributed by atoms with E-state index in [4.69, 9.17) is 22.4 Å².